The van der Waals surface area contributed by atoms with Crippen LogP contribution in [0.5, 0.6) is 5.75 Å². The highest BCUT2D eigenvalue weighted by Gasteiger charge is 2.43. The van der Waals surface area contributed by atoms with Crippen molar-refractivity contribution in [3.8, 4) is 5.75 Å². The Labute approximate surface area is 262 Å². The second-order valence-electron chi connectivity index (χ2n) is 11.2. The van der Waals surface area contributed by atoms with Crippen LogP contribution in [0.15, 0.2) is 59.5 Å². The summed E-state index contributed by atoms with van der Waals surface area (Å²) in [7, 11) is -1.09. The molecule has 0 saturated heterocycles. The number of hydrogen-bond donors (Lipinski definition) is 4. The van der Waals surface area contributed by atoms with Crippen LogP contribution in [-0.2, 0) is 30.8 Å². The van der Waals surface area contributed by atoms with Gasteiger partial charge in [-0.1, -0.05) is 63.9 Å². The SMILES string of the molecule is CCCC[C@H](NC(=O)CNCCOC)C(=O)NCCC(O)(Cc1ccccc1)N(CC(C)C)S(=O)(=O)c1ccc(OC)cc1. The second-order valence-corrected chi connectivity index (χ2v) is 13.1. The van der Waals surface area contributed by atoms with Gasteiger partial charge in [0.1, 0.15) is 17.5 Å². The lowest BCUT2D eigenvalue weighted by molar-refractivity contribution is -0.129. The third-order valence-electron chi connectivity index (χ3n) is 7.06. The van der Waals surface area contributed by atoms with E-state index in [1.54, 1.807) is 19.2 Å². The molecule has 0 bridgehead atoms. The molecular formula is C32H50N4O7S. The van der Waals surface area contributed by atoms with Gasteiger partial charge in [0.25, 0.3) is 0 Å². The van der Waals surface area contributed by atoms with Crippen LogP contribution in [0.3, 0.4) is 0 Å². The van der Waals surface area contributed by atoms with Crippen LogP contribution < -0.4 is 20.7 Å². The lowest BCUT2D eigenvalue weighted by Gasteiger charge is -2.40. The van der Waals surface area contributed by atoms with Gasteiger partial charge in [0.15, 0.2) is 0 Å². The number of carbonyl (C=O) groups excluding carboxylic acids is 2. The summed E-state index contributed by atoms with van der Waals surface area (Å²) in [5.74, 6) is -0.297. The Bertz CT molecular complexity index is 1240. The van der Waals surface area contributed by atoms with Gasteiger partial charge in [-0.25, -0.2) is 8.42 Å². The maximum Gasteiger partial charge on any atom is 0.245 e. The minimum Gasteiger partial charge on any atom is -0.497 e. The fourth-order valence-electron chi connectivity index (χ4n) is 4.73. The van der Waals surface area contributed by atoms with Crippen molar-refractivity contribution in [3.63, 3.8) is 0 Å². The van der Waals surface area contributed by atoms with Crippen LogP contribution in [0, 0.1) is 5.92 Å². The van der Waals surface area contributed by atoms with Gasteiger partial charge in [-0.2, -0.15) is 4.31 Å². The van der Waals surface area contributed by atoms with Crippen LogP contribution in [0.4, 0.5) is 0 Å². The Morgan fingerprint density at radius 1 is 1.02 bits per heavy atom. The predicted octanol–water partition coefficient (Wildman–Crippen LogP) is 2.69. The predicted molar refractivity (Wildman–Crippen MR) is 171 cm³/mol. The van der Waals surface area contributed by atoms with Gasteiger partial charge in [-0.15, -0.1) is 0 Å². The first-order valence-corrected chi connectivity index (χ1v) is 16.6. The summed E-state index contributed by atoms with van der Waals surface area (Å²) in [4.78, 5) is 25.7. The molecule has 2 aromatic rings. The van der Waals surface area contributed by atoms with Gasteiger partial charge in [-0.05, 0) is 42.2 Å². The summed E-state index contributed by atoms with van der Waals surface area (Å²) < 4.78 is 39.4. The molecule has 0 heterocycles. The minimum absolute atomic E-state index is 0.00889. The monoisotopic (exact) mass is 634 g/mol. The van der Waals surface area contributed by atoms with Gasteiger partial charge in [0, 0.05) is 39.6 Å². The Hall–Kier alpha value is -3.03. The van der Waals surface area contributed by atoms with E-state index in [4.69, 9.17) is 9.47 Å². The molecule has 12 heteroatoms. The fourth-order valence-corrected chi connectivity index (χ4v) is 6.56. The normalized spacial score (nSPS) is 13.8. The summed E-state index contributed by atoms with van der Waals surface area (Å²) in [5.41, 5.74) is -1.13. The zero-order valence-electron chi connectivity index (χ0n) is 26.7. The molecule has 2 aromatic carbocycles. The van der Waals surface area contributed by atoms with E-state index in [1.807, 2.05) is 51.1 Å². The van der Waals surface area contributed by atoms with Crippen LogP contribution in [-0.4, -0.2) is 88.4 Å². The molecule has 0 spiro atoms. The molecule has 2 amide bonds. The minimum atomic E-state index is -4.16. The average molecular weight is 635 g/mol. The molecule has 4 N–H and O–H groups in total. The first-order chi connectivity index (χ1) is 21.0. The number of unbranched alkanes of at least 4 members (excludes halogenated alkanes) is 1. The molecular weight excluding hydrogens is 584 g/mol. The standard InChI is InChI=1S/C32H50N4O7S/c1-6-7-13-29(35-30(37)23-33-20-21-42-4)31(38)34-19-18-32(39,22-26-11-9-8-10-12-26)36(24-25(2)3)44(40,41)28-16-14-27(43-5)15-17-28/h8-12,14-17,25,29,33,39H,6-7,13,18-24H2,1-5H3,(H,34,38)(H,35,37)/t29-,32?/m0/s1. The van der Waals surface area contributed by atoms with Crippen molar-refractivity contribution in [2.45, 2.75) is 69.5 Å². The highest BCUT2D eigenvalue weighted by atomic mass is 32.2. The summed E-state index contributed by atoms with van der Waals surface area (Å²) in [6.07, 6.45) is 1.95. The molecule has 0 fully saturated rings. The average Bonchev–Trinajstić information content (AvgIpc) is 3.00. The zero-order valence-corrected chi connectivity index (χ0v) is 27.5. The first-order valence-electron chi connectivity index (χ1n) is 15.2. The summed E-state index contributed by atoms with van der Waals surface area (Å²) >= 11 is 0. The molecule has 0 aliphatic heterocycles. The number of carbonyl (C=O) groups is 2. The second kappa shape index (κ2) is 18.7. The van der Waals surface area contributed by atoms with Crippen molar-refractivity contribution >= 4 is 21.8 Å². The van der Waals surface area contributed by atoms with Crippen molar-refractivity contribution in [2.24, 2.45) is 5.92 Å². The Morgan fingerprint density at radius 2 is 1.70 bits per heavy atom. The number of nitrogens with one attached hydrogen (secondary N) is 3. The number of methoxy groups -OCH3 is 2. The molecule has 246 valence electrons. The molecule has 44 heavy (non-hydrogen) atoms. The van der Waals surface area contributed by atoms with Crippen molar-refractivity contribution in [1.82, 2.24) is 20.3 Å². The molecule has 2 atom stereocenters. The number of sulfonamides is 1. The fraction of sp³-hybridized carbons (Fsp3) is 0.562. The maximum atomic E-state index is 14.1. The zero-order chi connectivity index (χ0) is 32.6. The van der Waals surface area contributed by atoms with E-state index in [2.05, 4.69) is 16.0 Å². The molecule has 0 aromatic heterocycles. The lowest BCUT2D eigenvalue weighted by atomic mass is 9.98. The highest BCUT2D eigenvalue weighted by Crippen LogP contribution is 2.31. The molecule has 11 nitrogen and oxygen atoms in total. The first kappa shape index (κ1) is 37.2. The van der Waals surface area contributed by atoms with Crippen LogP contribution >= 0.6 is 0 Å². The number of ether oxygens (including phenoxy) is 2. The van der Waals surface area contributed by atoms with Crippen LogP contribution in [0.2, 0.25) is 0 Å². The quantitative estimate of drug-likeness (QED) is 0.121. The number of rotatable bonds is 21. The van der Waals surface area contributed by atoms with E-state index < -0.39 is 21.8 Å². The lowest BCUT2D eigenvalue weighted by Crippen LogP contribution is -2.56. The van der Waals surface area contributed by atoms with E-state index in [9.17, 15) is 23.1 Å². The number of nitrogens with zero attached hydrogens (tertiary/aromatic N) is 1. The van der Waals surface area contributed by atoms with E-state index in [-0.39, 0.29) is 55.1 Å². The molecule has 2 rings (SSSR count). The van der Waals surface area contributed by atoms with Crippen molar-refractivity contribution in [1.29, 1.82) is 0 Å². The van der Waals surface area contributed by atoms with E-state index in [0.717, 1.165) is 22.7 Å². The van der Waals surface area contributed by atoms with E-state index in [1.165, 1.54) is 19.2 Å². The third kappa shape index (κ3) is 11.8. The molecule has 0 aliphatic carbocycles. The molecule has 1 unspecified atom stereocenters. The molecule has 0 aliphatic rings. The van der Waals surface area contributed by atoms with Crippen molar-refractivity contribution in [2.75, 3.05) is 47.0 Å². The number of amides is 2. The number of aliphatic hydroxyl groups is 1. The van der Waals surface area contributed by atoms with Gasteiger partial charge >= 0.3 is 0 Å². The number of benzene rings is 2. The van der Waals surface area contributed by atoms with Gasteiger partial charge in [0.2, 0.25) is 21.8 Å². The number of hydrogen-bond acceptors (Lipinski definition) is 8. The van der Waals surface area contributed by atoms with E-state index >= 15 is 0 Å². The summed E-state index contributed by atoms with van der Waals surface area (Å²) in [6, 6.07) is 14.4. The Morgan fingerprint density at radius 3 is 2.30 bits per heavy atom. The van der Waals surface area contributed by atoms with Crippen LogP contribution in [0.25, 0.3) is 0 Å². The van der Waals surface area contributed by atoms with E-state index in [0.29, 0.717) is 25.3 Å². The third-order valence-corrected chi connectivity index (χ3v) is 9.00. The highest BCUT2D eigenvalue weighted by molar-refractivity contribution is 7.89. The Kier molecular flexibility index (Phi) is 15.8. The molecule has 0 saturated carbocycles. The maximum absolute atomic E-state index is 14.1. The van der Waals surface area contributed by atoms with Gasteiger partial charge in [0.05, 0.1) is 25.2 Å². The van der Waals surface area contributed by atoms with Crippen LogP contribution in [0.1, 0.15) is 52.0 Å². The summed E-state index contributed by atoms with van der Waals surface area (Å²) in [6.45, 7) is 6.81. The largest absolute Gasteiger partial charge is 0.497 e. The Balaban J connectivity index is 2.31. The smallest absolute Gasteiger partial charge is 0.245 e. The van der Waals surface area contributed by atoms with Crippen molar-refractivity contribution in [3.05, 3.63) is 60.2 Å². The van der Waals surface area contributed by atoms with Gasteiger partial charge < -0.3 is 30.5 Å². The topological polar surface area (TPSA) is 146 Å². The molecule has 0 radical (unpaired) electrons. The van der Waals surface area contributed by atoms with Crippen molar-refractivity contribution < 1.29 is 32.6 Å². The summed E-state index contributed by atoms with van der Waals surface area (Å²) in [5, 5.41) is 20.8. The van der Waals surface area contributed by atoms with Gasteiger partial charge in [-0.3, -0.25) is 9.59 Å².